The van der Waals surface area contributed by atoms with Gasteiger partial charge in [-0.1, -0.05) is 23.7 Å². The highest BCUT2D eigenvalue weighted by Crippen LogP contribution is 2.22. The van der Waals surface area contributed by atoms with Crippen LogP contribution in [0.5, 0.6) is 0 Å². The minimum absolute atomic E-state index is 0.104. The van der Waals surface area contributed by atoms with Crippen LogP contribution in [0.15, 0.2) is 36.9 Å². The third-order valence-electron chi connectivity index (χ3n) is 2.64. The third-order valence-corrected chi connectivity index (χ3v) is 2.93. The molecule has 4 nitrogen and oxygen atoms in total. The molecule has 1 atom stereocenters. The average Bonchev–Trinajstić information content (AvgIpc) is 2.41. The standard InChI is InChI=1S/C12H12ClFN4/c13-10-3-1-2-8(12(10)14)4-11(18-15)9-5-16-7-17-6-9/h1-3,5-7,11,18H,4,15H2. The number of hydrogen-bond acceptors (Lipinski definition) is 4. The van der Waals surface area contributed by atoms with Gasteiger partial charge in [0.05, 0.1) is 11.1 Å². The number of nitrogens with zero attached hydrogens (tertiary/aromatic N) is 2. The molecule has 18 heavy (non-hydrogen) atoms. The normalized spacial score (nSPS) is 12.4. The molecular weight excluding hydrogens is 255 g/mol. The van der Waals surface area contributed by atoms with Crippen molar-refractivity contribution in [3.63, 3.8) is 0 Å². The first-order valence-corrected chi connectivity index (χ1v) is 5.74. The molecule has 0 aliphatic carbocycles. The van der Waals surface area contributed by atoms with Crippen molar-refractivity contribution in [1.29, 1.82) is 0 Å². The summed E-state index contributed by atoms with van der Waals surface area (Å²) in [5, 5.41) is 0.104. The van der Waals surface area contributed by atoms with Crippen molar-refractivity contribution >= 4 is 11.6 Å². The SMILES string of the molecule is NNC(Cc1cccc(Cl)c1F)c1cncnc1. The van der Waals surface area contributed by atoms with Gasteiger partial charge in [-0.15, -0.1) is 0 Å². The monoisotopic (exact) mass is 266 g/mol. The predicted octanol–water partition coefficient (Wildman–Crippen LogP) is 2.02. The van der Waals surface area contributed by atoms with Crippen molar-refractivity contribution in [2.45, 2.75) is 12.5 Å². The van der Waals surface area contributed by atoms with Crippen LogP contribution in [-0.4, -0.2) is 9.97 Å². The number of halogens is 2. The summed E-state index contributed by atoms with van der Waals surface area (Å²) in [7, 11) is 0. The molecule has 0 aliphatic rings. The van der Waals surface area contributed by atoms with Crippen molar-refractivity contribution in [2.24, 2.45) is 5.84 Å². The van der Waals surface area contributed by atoms with Crippen LogP contribution in [0, 0.1) is 5.82 Å². The van der Waals surface area contributed by atoms with Crippen LogP contribution in [0.4, 0.5) is 4.39 Å². The first-order valence-electron chi connectivity index (χ1n) is 5.36. The minimum Gasteiger partial charge on any atom is -0.271 e. The number of aromatic nitrogens is 2. The van der Waals surface area contributed by atoms with Gasteiger partial charge in [0.2, 0.25) is 0 Å². The largest absolute Gasteiger partial charge is 0.271 e. The van der Waals surface area contributed by atoms with E-state index in [0.717, 1.165) is 5.56 Å². The van der Waals surface area contributed by atoms with Crippen LogP contribution in [0.25, 0.3) is 0 Å². The van der Waals surface area contributed by atoms with E-state index in [2.05, 4.69) is 15.4 Å². The van der Waals surface area contributed by atoms with Gasteiger partial charge in [0.15, 0.2) is 0 Å². The van der Waals surface area contributed by atoms with Crippen LogP contribution in [0.2, 0.25) is 5.02 Å². The second-order valence-electron chi connectivity index (χ2n) is 3.81. The number of hydrogen-bond donors (Lipinski definition) is 2. The van der Waals surface area contributed by atoms with Crippen LogP contribution < -0.4 is 11.3 Å². The van der Waals surface area contributed by atoms with Crippen LogP contribution in [0.1, 0.15) is 17.2 Å². The van der Waals surface area contributed by atoms with E-state index in [1.807, 2.05) is 0 Å². The molecule has 0 saturated carbocycles. The molecule has 1 unspecified atom stereocenters. The van der Waals surface area contributed by atoms with Gasteiger partial charge < -0.3 is 0 Å². The van der Waals surface area contributed by atoms with E-state index in [1.165, 1.54) is 12.4 Å². The summed E-state index contributed by atoms with van der Waals surface area (Å²) in [5.74, 6) is 5.06. The summed E-state index contributed by atoms with van der Waals surface area (Å²) in [6.45, 7) is 0. The quantitative estimate of drug-likeness (QED) is 0.656. The number of nitrogens with one attached hydrogen (secondary N) is 1. The van der Waals surface area contributed by atoms with Crippen molar-refractivity contribution in [3.8, 4) is 0 Å². The number of nitrogens with two attached hydrogens (primary N) is 1. The van der Waals surface area contributed by atoms with E-state index in [4.69, 9.17) is 17.4 Å². The summed E-state index contributed by atoms with van der Waals surface area (Å²) in [6.07, 6.45) is 5.08. The molecule has 0 aliphatic heterocycles. The van der Waals surface area contributed by atoms with Gasteiger partial charge in [0, 0.05) is 18.0 Å². The Balaban J connectivity index is 2.24. The molecule has 0 radical (unpaired) electrons. The molecule has 1 heterocycles. The van der Waals surface area contributed by atoms with Crippen LogP contribution >= 0.6 is 11.6 Å². The Morgan fingerprint density at radius 1 is 1.33 bits per heavy atom. The summed E-state index contributed by atoms with van der Waals surface area (Å²) in [5.41, 5.74) is 3.91. The third kappa shape index (κ3) is 2.81. The molecule has 2 aromatic rings. The Morgan fingerprint density at radius 3 is 2.72 bits per heavy atom. The smallest absolute Gasteiger partial charge is 0.145 e. The highest BCUT2D eigenvalue weighted by atomic mass is 35.5. The molecular formula is C12H12ClFN4. The summed E-state index contributed by atoms with van der Waals surface area (Å²) >= 11 is 5.74. The summed E-state index contributed by atoms with van der Waals surface area (Å²) in [4.78, 5) is 7.82. The maximum absolute atomic E-state index is 13.8. The summed E-state index contributed by atoms with van der Waals surface area (Å²) in [6, 6.07) is 4.63. The zero-order chi connectivity index (χ0) is 13.0. The molecule has 1 aromatic carbocycles. The van der Waals surface area contributed by atoms with Crippen LogP contribution in [-0.2, 0) is 6.42 Å². The molecule has 1 aromatic heterocycles. The number of hydrazine groups is 1. The number of benzene rings is 1. The zero-order valence-corrected chi connectivity index (χ0v) is 10.2. The maximum Gasteiger partial charge on any atom is 0.145 e. The highest BCUT2D eigenvalue weighted by Gasteiger charge is 2.14. The van der Waals surface area contributed by atoms with Gasteiger partial charge in [-0.25, -0.2) is 14.4 Å². The van der Waals surface area contributed by atoms with Gasteiger partial charge in [-0.3, -0.25) is 11.3 Å². The molecule has 0 amide bonds. The van der Waals surface area contributed by atoms with Crippen LogP contribution in [0.3, 0.4) is 0 Å². The van der Waals surface area contributed by atoms with Gasteiger partial charge >= 0.3 is 0 Å². The second-order valence-corrected chi connectivity index (χ2v) is 4.22. The second kappa shape index (κ2) is 5.86. The topological polar surface area (TPSA) is 63.8 Å². The predicted molar refractivity (Wildman–Crippen MR) is 67.2 cm³/mol. The Labute approximate surface area is 109 Å². The van der Waals surface area contributed by atoms with E-state index in [0.29, 0.717) is 12.0 Å². The highest BCUT2D eigenvalue weighted by molar-refractivity contribution is 6.30. The van der Waals surface area contributed by atoms with E-state index < -0.39 is 5.82 Å². The van der Waals surface area contributed by atoms with Gasteiger partial charge in [0.25, 0.3) is 0 Å². The lowest BCUT2D eigenvalue weighted by molar-refractivity contribution is 0.526. The number of rotatable bonds is 4. The maximum atomic E-state index is 13.8. The van der Waals surface area contributed by atoms with Gasteiger partial charge in [0.1, 0.15) is 12.1 Å². The minimum atomic E-state index is -0.420. The van der Waals surface area contributed by atoms with Gasteiger partial charge in [-0.2, -0.15) is 0 Å². The molecule has 94 valence electrons. The van der Waals surface area contributed by atoms with E-state index in [1.54, 1.807) is 24.5 Å². The van der Waals surface area contributed by atoms with Gasteiger partial charge in [-0.05, 0) is 18.1 Å². The molecule has 0 bridgehead atoms. The lowest BCUT2D eigenvalue weighted by Gasteiger charge is -2.16. The average molecular weight is 267 g/mol. The first kappa shape index (κ1) is 12.9. The fourth-order valence-electron chi connectivity index (χ4n) is 1.69. The van der Waals surface area contributed by atoms with E-state index >= 15 is 0 Å². The molecule has 2 rings (SSSR count). The lowest BCUT2D eigenvalue weighted by atomic mass is 10.0. The first-order chi connectivity index (χ1) is 8.72. The Kier molecular flexibility index (Phi) is 4.19. The van der Waals surface area contributed by atoms with Crippen molar-refractivity contribution in [3.05, 3.63) is 58.9 Å². The lowest BCUT2D eigenvalue weighted by Crippen LogP contribution is -2.30. The Hall–Kier alpha value is -1.56. The fraction of sp³-hybridized carbons (Fsp3) is 0.167. The molecule has 0 saturated heterocycles. The molecule has 6 heteroatoms. The zero-order valence-electron chi connectivity index (χ0n) is 9.48. The Morgan fingerprint density at radius 2 is 2.06 bits per heavy atom. The van der Waals surface area contributed by atoms with Crippen molar-refractivity contribution < 1.29 is 4.39 Å². The molecule has 3 N–H and O–H groups in total. The van der Waals surface area contributed by atoms with E-state index in [9.17, 15) is 4.39 Å². The van der Waals surface area contributed by atoms with Crippen molar-refractivity contribution in [2.75, 3.05) is 0 Å². The fourth-order valence-corrected chi connectivity index (χ4v) is 1.88. The Bertz CT molecular complexity index is 521. The molecule has 0 fully saturated rings. The summed E-state index contributed by atoms with van der Waals surface area (Å²) < 4.78 is 13.8. The molecule has 0 spiro atoms. The van der Waals surface area contributed by atoms with E-state index in [-0.39, 0.29) is 11.1 Å². The van der Waals surface area contributed by atoms with Crippen molar-refractivity contribution in [1.82, 2.24) is 15.4 Å².